The molecule has 1 aromatic carbocycles. The number of carbonyl (C=O) groups is 1. The van der Waals surface area contributed by atoms with Crippen LogP contribution in [0.15, 0.2) is 42.5 Å². The van der Waals surface area contributed by atoms with Crippen molar-refractivity contribution in [1.29, 1.82) is 0 Å². The van der Waals surface area contributed by atoms with Crippen LogP contribution in [0.2, 0.25) is 5.32 Å². The van der Waals surface area contributed by atoms with Gasteiger partial charge in [-0.05, 0) is 0 Å². The summed E-state index contributed by atoms with van der Waals surface area (Å²) in [5.41, 5.74) is 0. The number of cyclic esters (lactones) is 1. The molecule has 0 spiro atoms. The van der Waals surface area contributed by atoms with Crippen LogP contribution in [0.3, 0.4) is 0 Å². The van der Waals surface area contributed by atoms with Gasteiger partial charge in [-0.25, -0.2) is 0 Å². The van der Waals surface area contributed by atoms with Crippen molar-refractivity contribution in [1.82, 2.24) is 0 Å². The van der Waals surface area contributed by atoms with Crippen LogP contribution in [-0.2, 0) is 18.1 Å². The minimum absolute atomic E-state index is 0.0698. The second kappa shape index (κ2) is 6.86. The summed E-state index contributed by atoms with van der Waals surface area (Å²) in [6.45, 7) is 2.38. The van der Waals surface area contributed by atoms with E-state index >= 15 is 0 Å². The Bertz CT molecular complexity index is 584. The molecule has 0 saturated carbocycles. The van der Waals surface area contributed by atoms with E-state index in [1.165, 1.54) is 0 Å². The van der Waals surface area contributed by atoms with Gasteiger partial charge in [0.2, 0.25) is 0 Å². The number of hydrogen-bond acceptors (Lipinski definition) is 4. The topological polar surface area (TPSA) is 52.6 Å². The van der Waals surface area contributed by atoms with Gasteiger partial charge in [-0.2, -0.15) is 0 Å². The van der Waals surface area contributed by atoms with E-state index in [-0.39, 0.29) is 30.0 Å². The molecule has 2 aliphatic rings. The van der Waals surface area contributed by atoms with Crippen LogP contribution < -0.4 is 4.46 Å². The molecule has 2 unspecified atom stereocenters. The molecule has 0 N–H and O–H groups in total. The molecule has 0 aromatic heterocycles. The first-order valence-corrected chi connectivity index (χ1v) is 10.3. The second-order valence-electron chi connectivity index (χ2n) is 5.73. The summed E-state index contributed by atoms with van der Waals surface area (Å²) in [6, 6.07) is 9.57. The molecule has 5 heteroatoms. The summed E-state index contributed by atoms with van der Waals surface area (Å²) in [5, 5.41) is 0.551. The molecule has 1 aromatic rings. The minimum atomic E-state index is -2.11. The van der Waals surface area contributed by atoms with Gasteiger partial charge in [-0.1, -0.05) is 0 Å². The van der Waals surface area contributed by atoms with E-state index in [0.717, 1.165) is 10.9 Å². The Labute approximate surface area is 134 Å². The number of hydrogen-bond donors (Lipinski definition) is 0. The van der Waals surface area contributed by atoms with Gasteiger partial charge in [0.05, 0.1) is 0 Å². The number of carbonyl (C=O) groups excluding carboxylic acids is 1. The van der Waals surface area contributed by atoms with Crippen LogP contribution >= 0.6 is 0 Å². The molecule has 22 heavy (non-hydrogen) atoms. The molecule has 0 bridgehead atoms. The van der Waals surface area contributed by atoms with Crippen molar-refractivity contribution >= 4 is 24.3 Å². The number of esters is 1. The zero-order valence-electron chi connectivity index (χ0n) is 12.5. The Balaban J connectivity index is 1.70. The normalized spacial score (nSPS) is 32.7. The Morgan fingerprint density at radius 3 is 2.82 bits per heavy atom. The van der Waals surface area contributed by atoms with Gasteiger partial charge in [-0.3, -0.25) is 0 Å². The van der Waals surface area contributed by atoms with Crippen LogP contribution in [0.5, 0.6) is 0 Å². The first-order valence-electron chi connectivity index (χ1n) is 7.57. The van der Waals surface area contributed by atoms with E-state index in [1.54, 1.807) is 0 Å². The van der Waals surface area contributed by atoms with E-state index in [2.05, 4.69) is 0 Å². The van der Waals surface area contributed by atoms with Crippen molar-refractivity contribution in [2.75, 3.05) is 6.61 Å². The Hall–Kier alpha value is -1.29. The third-order valence-electron chi connectivity index (χ3n) is 4.21. The number of ether oxygens (including phenoxy) is 2. The van der Waals surface area contributed by atoms with E-state index in [1.807, 2.05) is 49.4 Å². The van der Waals surface area contributed by atoms with Crippen molar-refractivity contribution < 1.29 is 18.1 Å². The van der Waals surface area contributed by atoms with Crippen LogP contribution in [-0.4, -0.2) is 38.6 Å². The molecule has 2 aliphatic heterocycles. The van der Waals surface area contributed by atoms with Crippen LogP contribution in [0.25, 0.3) is 0 Å². The zero-order chi connectivity index (χ0) is 15.5. The molecular formula is C17H20O4Se. The predicted octanol–water partition coefficient (Wildman–Crippen LogP) is 1.84. The maximum absolute atomic E-state index is 12.5. The summed E-state index contributed by atoms with van der Waals surface area (Å²) in [5.74, 6) is -0.180. The molecule has 2 heterocycles. The van der Waals surface area contributed by atoms with Crippen molar-refractivity contribution in [2.24, 2.45) is 11.8 Å². The average Bonchev–Trinajstić information content (AvgIpc) is 2.90. The van der Waals surface area contributed by atoms with Crippen LogP contribution in [0.1, 0.15) is 13.3 Å². The summed E-state index contributed by atoms with van der Waals surface area (Å²) in [4.78, 5) is 11.9. The molecule has 4 nitrogen and oxygen atoms in total. The first-order chi connectivity index (χ1) is 10.7. The summed E-state index contributed by atoms with van der Waals surface area (Å²) in [6.07, 6.45) is 4.24. The summed E-state index contributed by atoms with van der Waals surface area (Å²) in [7, 11) is 0. The fourth-order valence-electron chi connectivity index (χ4n) is 3.20. The Morgan fingerprint density at radius 2 is 2.09 bits per heavy atom. The number of fused-ring (bicyclic) bond motifs is 1. The Morgan fingerprint density at radius 1 is 1.32 bits per heavy atom. The van der Waals surface area contributed by atoms with Gasteiger partial charge in [0.25, 0.3) is 0 Å². The third kappa shape index (κ3) is 3.22. The fourth-order valence-corrected chi connectivity index (χ4v) is 5.73. The van der Waals surface area contributed by atoms with E-state index < -0.39 is 13.8 Å². The molecule has 3 rings (SSSR count). The van der Waals surface area contributed by atoms with Crippen molar-refractivity contribution in [3.8, 4) is 0 Å². The quantitative estimate of drug-likeness (QED) is 0.463. The van der Waals surface area contributed by atoms with Gasteiger partial charge in [0, 0.05) is 0 Å². The van der Waals surface area contributed by atoms with E-state index in [0.29, 0.717) is 11.9 Å². The number of rotatable bonds is 4. The summed E-state index contributed by atoms with van der Waals surface area (Å²) < 4.78 is 24.7. The monoisotopic (exact) mass is 368 g/mol. The van der Waals surface area contributed by atoms with Crippen molar-refractivity contribution in [3.05, 3.63) is 42.5 Å². The molecule has 118 valence electrons. The van der Waals surface area contributed by atoms with Crippen LogP contribution in [0, 0.1) is 11.8 Å². The molecule has 5 atom stereocenters. The van der Waals surface area contributed by atoms with Gasteiger partial charge >= 0.3 is 134 Å². The summed E-state index contributed by atoms with van der Waals surface area (Å²) >= 11 is -2.11. The Kier molecular flexibility index (Phi) is 4.87. The SMILES string of the molecule is C/C=C/[C@H]1OC(C[Se](=O)c2ccccc2)C[C@H]2COC(=O)[C@@H]21. The predicted molar refractivity (Wildman–Crippen MR) is 83.4 cm³/mol. The average molecular weight is 367 g/mol. The van der Waals surface area contributed by atoms with Crippen LogP contribution in [0.4, 0.5) is 0 Å². The van der Waals surface area contributed by atoms with Crippen molar-refractivity contribution in [3.63, 3.8) is 0 Å². The maximum atomic E-state index is 12.5. The van der Waals surface area contributed by atoms with Gasteiger partial charge in [0.15, 0.2) is 0 Å². The zero-order valence-corrected chi connectivity index (χ0v) is 14.2. The van der Waals surface area contributed by atoms with Gasteiger partial charge < -0.3 is 0 Å². The van der Waals surface area contributed by atoms with E-state index in [4.69, 9.17) is 9.47 Å². The molecule has 2 saturated heterocycles. The number of benzene rings is 1. The fraction of sp³-hybridized carbons (Fsp3) is 0.471. The van der Waals surface area contributed by atoms with Gasteiger partial charge in [0.1, 0.15) is 0 Å². The molecular weight excluding hydrogens is 347 g/mol. The van der Waals surface area contributed by atoms with E-state index in [9.17, 15) is 8.63 Å². The molecule has 0 amide bonds. The second-order valence-corrected chi connectivity index (χ2v) is 8.86. The number of allylic oxidation sites excluding steroid dienone is 1. The first kappa shape index (κ1) is 15.6. The molecule has 0 radical (unpaired) electrons. The van der Waals surface area contributed by atoms with Crippen molar-refractivity contribution in [2.45, 2.75) is 30.9 Å². The third-order valence-corrected chi connectivity index (χ3v) is 7.30. The molecule has 2 fully saturated rings. The van der Waals surface area contributed by atoms with Gasteiger partial charge in [-0.15, -0.1) is 0 Å². The standard InChI is InChI=1S/C17H20O4Se/c1-2-6-15-16-12(10-20-17(16)18)9-13(21-15)11-22(19)14-7-4-3-5-8-14/h2-8,12-13,15-16H,9-11H2,1H3/b6-2+/t12-,13?,15+,16-,22?/m0/s1. The molecule has 0 aliphatic carbocycles.